The maximum Gasteiger partial charge on any atom is 0.233 e. The van der Waals surface area contributed by atoms with E-state index in [2.05, 4.69) is 0 Å². The van der Waals surface area contributed by atoms with Gasteiger partial charge in [0.05, 0.1) is 43.1 Å². The summed E-state index contributed by atoms with van der Waals surface area (Å²) in [6.07, 6.45) is 0.632. The number of carbonyl (C=O) groups excluding carboxylic acids is 1. The molecule has 0 aromatic carbocycles. The lowest BCUT2D eigenvalue weighted by molar-refractivity contribution is -0.138. The van der Waals surface area contributed by atoms with Crippen LogP contribution in [0, 0.1) is 0 Å². The van der Waals surface area contributed by atoms with Gasteiger partial charge in [0.25, 0.3) is 0 Å². The van der Waals surface area contributed by atoms with Crippen LogP contribution in [0.4, 0.5) is 0 Å². The van der Waals surface area contributed by atoms with Crippen molar-refractivity contribution in [3.05, 3.63) is 0 Å². The molecule has 2 rings (SSSR count). The Bertz CT molecular complexity index is 425. The van der Waals surface area contributed by atoms with Gasteiger partial charge in [-0.2, -0.15) is 0 Å². The molecule has 2 atom stereocenters. The molecule has 0 spiro atoms. The molecule has 0 aromatic rings. The fourth-order valence-electron chi connectivity index (χ4n) is 2.30. The molecule has 0 saturated carbocycles. The SMILES string of the molecule is O=C(CSC1CCS(=O)(=O)C1)N1CCOCC1CO. The summed E-state index contributed by atoms with van der Waals surface area (Å²) in [4.78, 5) is 13.7. The number of aliphatic hydroxyl groups excluding tert-OH is 1. The van der Waals surface area contributed by atoms with Crippen LogP contribution in [-0.2, 0) is 19.4 Å². The van der Waals surface area contributed by atoms with Gasteiger partial charge >= 0.3 is 0 Å². The number of hydrogen-bond donors (Lipinski definition) is 1. The van der Waals surface area contributed by atoms with Crippen LogP contribution >= 0.6 is 11.8 Å². The molecule has 19 heavy (non-hydrogen) atoms. The summed E-state index contributed by atoms with van der Waals surface area (Å²) in [5.41, 5.74) is 0. The lowest BCUT2D eigenvalue weighted by atomic mass is 10.2. The molecule has 110 valence electrons. The lowest BCUT2D eigenvalue weighted by Gasteiger charge is -2.34. The van der Waals surface area contributed by atoms with E-state index in [1.54, 1.807) is 4.90 Å². The van der Waals surface area contributed by atoms with E-state index in [-0.39, 0.29) is 41.1 Å². The quantitative estimate of drug-likeness (QED) is 0.726. The molecule has 2 unspecified atom stereocenters. The molecule has 2 aliphatic heterocycles. The Labute approximate surface area is 117 Å². The Morgan fingerprint density at radius 3 is 2.89 bits per heavy atom. The van der Waals surface area contributed by atoms with Crippen LogP contribution in [-0.4, -0.2) is 79.2 Å². The van der Waals surface area contributed by atoms with Crippen molar-refractivity contribution in [2.45, 2.75) is 17.7 Å². The van der Waals surface area contributed by atoms with Gasteiger partial charge in [0, 0.05) is 11.8 Å². The van der Waals surface area contributed by atoms with Gasteiger partial charge in [-0.1, -0.05) is 0 Å². The summed E-state index contributed by atoms with van der Waals surface area (Å²) >= 11 is 1.41. The summed E-state index contributed by atoms with van der Waals surface area (Å²) in [7, 11) is -2.89. The predicted molar refractivity (Wildman–Crippen MR) is 72.9 cm³/mol. The van der Waals surface area contributed by atoms with Crippen LogP contribution in [0.25, 0.3) is 0 Å². The normalized spacial score (nSPS) is 30.5. The third-order valence-electron chi connectivity index (χ3n) is 3.39. The van der Waals surface area contributed by atoms with Crippen molar-refractivity contribution in [1.82, 2.24) is 4.90 Å². The fourth-order valence-corrected chi connectivity index (χ4v) is 5.83. The van der Waals surface area contributed by atoms with Crippen molar-refractivity contribution < 1.29 is 23.1 Å². The van der Waals surface area contributed by atoms with Crippen LogP contribution in [0.2, 0.25) is 0 Å². The van der Waals surface area contributed by atoms with E-state index in [4.69, 9.17) is 4.74 Å². The minimum absolute atomic E-state index is 0.0302. The van der Waals surface area contributed by atoms with E-state index in [9.17, 15) is 18.3 Å². The minimum Gasteiger partial charge on any atom is -0.394 e. The van der Waals surface area contributed by atoms with E-state index >= 15 is 0 Å². The molecule has 0 aliphatic carbocycles. The van der Waals surface area contributed by atoms with E-state index in [1.807, 2.05) is 0 Å². The van der Waals surface area contributed by atoms with Crippen LogP contribution < -0.4 is 0 Å². The number of thioether (sulfide) groups is 1. The van der Waals surface area contributed by atoms with Crippen molar-refractivity contribution in [3.63, 3.8) is 0 Å². The molecule has 0 aromatic heterocycles. The third-order valence-corrected chi connectivity index (χ3v) is 6.66. The number of morpholine rings is 1. The molecule has 2 fully saturated rings. The topological polar surface area (TPSA) is 83.9 Å². The van der Waals surface area contributed by atoms with Gasteiger partial charge in [0.2, 0.25) is 5.91 Å². The summed E-state index contributed by atoms with van der Waals surface area (Å²) in [6.45, 7) is 1.25. The van der Waals surface area contributed by atoms with Gasteiger partial charge in [-0.05, 0) is 6.42 Å². The Kier molecular flexibility index (Phi) is 5.10. The first-order valence-corrected chi connectivity index (χ1v) is 9.19. The van der Waals surface area contributed by atoms with Gasteiger partial charge < -0.3 is 14.7 Å². The highest BCUT2D eigenvalue weighted by molar-refractivity contribution is 8.02. The largest absolute Gasteiger partial charge is 0.394 e. The summed E-state index contributed by atoms with van der Waals surface area (Å²) in [5, 5.41) is 9.23. The zero-order valence-corrected chi connectivity index (χ0v) is 12.3. The highest BCUT2D eigenvalue weighted by Gasteiger charge is 2.31. The number of hydrogen-bond acceptors (Lipinski definition) is 6. The Morgan fingerprint density at radius 1 is 1.47 bits per heavy atom. The predicted octanol–water partition coefficient (Wildman–Crippen LogP) is -0.874. The van der Waals surface area contributed by atoms with Crippen molar-refractivity contribution >= 4 is 27.5 Å². The van der Waals surface area contributed by atoms with Gasteiger partial charge in [-0.3, -0.25) is 4.79 Å². The van der Waals surface area contributed by atoms with Crippen molar-refractivity contribution in [1.29, 1.82) is 0 Å². The first-order chi connectivity index (χ1) is 9.02. The standard InChI is InChI=1S/C11H19NO5S2/c13-5-9-6-17-3-2-12(9)11(14)7-18-10-1-4-19(15,16)8-10/h9-10,13H,1-8H2. The molecule has 1 N–H and O–H groups in total. The number of nitrogens with zero attached hydrogens (tertiary/aromatic N) is 1. The summed E-state index contributed by atoms with van der Waals surface area (Å²) in [5.74, 6) is 0.640. The second-order valence-electron chi connectivity index (χ2n) is 4.83. The molecule has 1 amide bonds. The number of ether oxygens (including phenoxy) is 1. The van der Waals surface area contributed by atoms with E-state index in [0.717, 1.165) is 0 Å². The van der Waals surface area contributed by atoms with Crippen LogP contribution in [0.3, 0.4) is 0 Å². The van der Waals surface area contributed by atoms with Crippen molar-refractivity contribution in [2.24, 2.45) is 0 Å². The van der Waals surface area contributed by atoms with Gasteiger partial charge in [-0.25, -0.2) is 8.42 Å². The highest BCUT2D eigenvalue weighted by Crippen LogP contribution is 2.24. The Balaban J connectivity index is 1.80. The van der Waals surface area contributed by atoms with E-state index in [0.29, 0.717) is 26.2 Å². The second kappa shape index (κ2) is 6.43. The average Bonchev–Trinajstić information content (AvgIpc) is 2.75. The van der Waals surface area contributed by atoms with E-state index in [1.165, 1.54) is 11.8 Å². The maximum absolute atomic E-state index is 12.1. The summed E-state index contributed by atoms with van der Waals surface area (Å²) < 4.78 is 27.9. The molecule has 0 radical (unpaired) electrons. The lowest BCUT2D eigenvalue weighted by Crippen LogP contribution is -2.51. The smallest absolute Gasteiger partial charge is 0.233 e. The van der Waals surface area contributed by atoms with Crippen LogP contribution in [0.15, 0.2) is 0 Å². The first kappa shape index (κ1) is 15.1. The van der Waals surface area contributed by atoms with Gasteiger partial charge in [-0.15, -0.1) is 11.8 Å². The van der Waals surface area contributed by atoms with Gasteiger partial charge in [0.15, 0.2) is 9.84 Å². The van der Waals surface area contributed by atoms with Gasteiger partial charge in [0.1, 0.15) is 0 Å². The third kappa shape index (κ3) is 4.08. The van der Waals surface area contributed by atoms with E-state index < -0.39 is 9.84 Å². The Morgan fingerprint density at radius 2 is 2.26 bits per heavy atom. The molecule has 2 heterocycles. The molecular formula is C11H19NO5S2. The zero-order valence-electron chi connectivity index (χ0n) is 10.7. The molecule has 2 aliphatic rings. The first-order valence-electron chi connectivity index (χ1n) is 6.32. The Hall–Kier alpha value is -0.310. The second-order valence-corrected chi connectivity index (χ2v) is 8.35. The van der Waals surface area contributed by atoms with Crippen LogP contribution in [0.1, 0.15) is 6.42 Å². The maximum atomic E-state index is 12.1. The van der Waals surface area contributed by atoms with Crippen molar-refractivity contribution in [3.8, 4) is 0 Å². The number of carbonyl (C=O) groups is 1. The summed E-state index contributed by atoms with van der Waals surface area (Å²) in [6, 6.07) is -0.269. The molecule has 2 saturated heterocycles. The fraction of sp³-hybridized carbons (Fsp3) is 0.909. The monoisotopic (exact) mass is 309 g/mol. The number of rotatable bonds is 4. The number of amides is 1. The molecule has 8 heteroatoms. The zero-order chi connectivity index (χ0) is 13.9. The average molecular weight is 309 g/mol. The number of aliphatic hydroxyl groups is 1. The molecule has 0 bridgehead atoms. The minimum atomic E-state index is -2.89. The highest BCUT2D eigenvalue weighted by atomic mass is 32.2. The molecule has 6 nitrogen and oxygen atoms in total. The van der Waals surface area contributed by atoms with Crippen molar-refractivity contribution in [2.75, 3.05) is 43.6 Å². The van der Waals surface area contributed by atoms with Crippen LogP contribution in [0.5, 0.6) is 0 Å². The molecular weight excluding hydrogens is 290 g/mol. The number of sulfone groups is 1.